The van der Waals surface area contributed by atoms with Crippen LogP contribution in [0.4, 0.5) is 5.69 Å². The molecule has 0 saturated heterocycles. The molecule has 8 heteroatoms. The Morgan fingerprint density at radius 2 is 2.06 bits per heavy atom. The quantitative estimate of drug-likeness (QED) is 0.457. The fourth-order valence-electron chi connectivity index (χ4n) is 1.18. The van der Waals surface area contributed by atoms with Crippen molar-refractivity contribution in [1.82, 2.24) is 0 Å². The van der Waals surface area contributed by atoms with Gasteiger partial charge >= 0.3 is 0 Å². The van der Waals surface area contributed by atoms with E-state index in [-0.39, 0.29) is 11.1 Å². The first kappa shape index (κ1) is 12.4. The first-order valence-corrected chi connectivity index (χ1v) is 6.22. The molecule has 0 N–H and O–H groups in total. The highest BCUT2D eigenvalue weighted by Gasteiger charge is 2.22. The third-order valence-corrected chi connectivity index (χ3v) is 3.22. The Hall–Kier alpha value is -1.65. The Labute approximate surface area is 95.6 Å². The van der Waals surface area contributed by atoms with Gasteiger partial charge in [0.05, 0.1) is 10.5 Å². The Kier molecular flexibility index (Phi) is 3.16. The Morgan fingerprint density at radius 3 is 2.44 bits per heavy atom. The third kappa shape index (κ3) is 2.29. The van der Waals surface area contributed by atoms with Crippen LogP contribution in [-0.2, 0) is 9.05 Å². The molecule has 0 radical (unpaired) electrons. The largest absolute Gasteiger partial charge is 0.271 e. The Morgan fingerprint density at radius 1 is 1.50 bits per heavy atom. The van der Waals surface area contributed by atoms with Crippen LogP contribution in [0, 0.1) is 28.4 Å². The summed E-state index contributed by atoms with van der Waals surface area (Å²) in [4.78, 5) is 9.23. The van der Waals surface area contributed by atoms with Crippen LogP contribution < -0.4 is 0 Å². The number of halogens is 1. The van der Waals surface area contributed by atoms with Gasteiger partial charge in [-0.3, -0.25) is 10.1 Å². The van der Waals surface area contributed by atoms with Crippen LogP contribution in [0.1, 0.15) is 11.1 Å². The van der Waals surface area contributed by atoms with E-state index in [9.17, 15) is 18.5 Å². The molecule has 0 heterocycles. The van der Waals surface area contributed by atoms with Crippen molar-refractivity contribution in [2.75, 3.05) is 0 Å². The summed E-state index contributed by atoms with van der Waals surface area (Å²) in [6, 6.07) is 3.54. The summed E-state index contributed by atoms with van der Waals surface area (Å²) in [6.45, 7) is 1.40. The van der Waals surface area contributed by atoms with Gasteiger partial charge in [0.2, 0.25) is 0 Å². The van der Waals surface area contributed by atoms with Gasteiger partial charge in [-0.05, 0) is 12.5 Å². The molecular weight excluding hydrogens is 256 g/mol. The molecule has 84 valence electrons. The number of non-ortho nitro benzene ring substituents is 1. The summed E-state index contributed by atoms with van der Waals surface area (Å²) in [7, 11) is 0.911. The van der Waals surface area contributed by atoms with Gasteiger partial charge < -0.3 is 0 Å². The molecule has 0 aliphatic carbocycles. The van der Waals surface area contributed by atoms with Gasteiger partial charge in [0, 0.05) is 22.8 Å². The topological polar surface area (TPSA) is 101 Å². The molecule has 0 spiro atoms. The van der Waals surface area contributed by atoms with Crippen LogP contribution in [0.3, 0.4) is 0 Å². The molecule has 0 bridgehead atoms. The standard InChI is InChI=1S/C8H5ClN2O4S/c1-5-2-6(11(12)13)3-8(7(5)4-10)16(9,14)15/h2-3H,1H3. The van der Waals surface area contributed by atoms with Crippen LogP contribution in [-0.4, -0.2) is 13.3 Å². The van der Waals surface area contributed by atoms with Crippen molar-refractivity contribution < 1.29 is 13.3 Å². The zero-order chi connectivity index (χ0) is 12.5. The normalized spacial score (nSPS) is 10.8. The fraction of sp³-hybridized carbons (Fsp3) is 0.125. The molecule has 0 atom stereocenters. The molecule has 1 aromatic carbocycles. The van der Waals surface area contributed by atoms with E-state index in [4.69, 9.17) is 15.9 Å². The second kappa shape index (κ2) is 4.08. The van der Waals surface area contributed by atoms with E-state index in [0.717, 1.165) is 12.1 Å². The lowest BCUT2D eigenvalue weighted by molar-refractivity contribution is -0.385. The molecule has 0 aliphatic rings. The minimum atomic E-state index is -4.18. The van der Waals surface area contributed by atoms with E-state index >= 15 is 0 Å². The monoisotopic (exact) mass is 260 g/mol. The second-order valence-electron chi connectivity index (χ2n) is 2.94. The number of hydrogen-bond donors (Lipinski definition) is 0. The molecule has 1 aromatic rings. The summed E-state index contributed by atoms with van der Waals surface area (Å²) in [5, 5.41) is 19.3. The lowest BCUT2D eigenvalue weighted by Gasteiger charge is -2.03. The average molecular weight is 261 g/mol. The number of benzene rings is 1. The lowest BCUT2D eigenvalue weighted by atomic mass is 10.1. The van der Waals surface area contributed by atoms with Crippen LogP contribution in [0.25, 0.3) is 0 Å². The van der Waals surface area contributed by atoms with Crippen LogP contribution in [0.5, 0.6) is 0 Å². The summed E-state index contributed by atoms with van der Waals surface area (Å²) in [5.74, 6) is 0. The molecule has 0 aliphatic heterocycles. The minimum absolute atomic E-state index is 0.180. The lowest BCUT2D eigenvalue weighted by Crippen LogP contribution is -2.00. The van der Waals surface area contributed by atoms with Gasteiger partial charge in [-0.2, -0.15) is 5.26 Å². The van der Waals surface area contributed by atoms with Crippen LogP contribution in [0.15, 0.2) is 17.0 Å². The van der Waals surface area contributed by atoms with Gasteiger partial charge in [0.15, 0.2) is 0 Å². The Balaban J connectivity index is 3.71. The summed E-state index contributed by atoms with van der Waals surface area (Å²) in [6.07, 6.45) is 0. The molecule has 6 nitrogen and oxygen atoms in total. The molecule has 0 saturated carbocycles. The maximum absolute atomic E-state index is 11.1. The molecule has 0 aromatic heterocycles. The smallest absolute Gasteiger partial charge is 0.258 e. The van der Waals surface area contributed by atoms with Crippen molar-refractivity contribution in [2.45, 2.75) is 11.8 Å². The number of hydrogen-bond acceptors (Lipinski definition) is 5. The minimum Gasteiger partial charge on any atom is -0.258 e. The second-order valence-corrected chi connectivity index (χ2v) is 5.48. The van der Waals surface area contributed by atoms with Crippen molar-refractivity contribution in [2.24, 2.45) is 0 Å². The van der Waals surface area contributed by atoms with Gasteiger partial charge in [-0.1, -0.05) is 0 Å². The maximum Gasteiger partial charge on any atom is 0.271 e. The van der Waals surface area contributed by atoms with Gasteiger partial charge in [-0.25, -0.2) is 8.42 Å². The predicted octanol–water partition coefficient (Wildman–Crippen LogP) is 1.70. The van der Waals surface area contributed by atoms with Crippen molar-refractivity contribution in [3.05, 3.63) is 33.4 Å². The van der Waals surface area contributed by atoms with Crippen molar-refractivity contribution in [3.63, 3.8) is 0 Å². The van der Waals surface area contributed by atoms with Gasteiger partial charge in [0.1, 0.15) is 11.0 Å². The van der Waals surface area contributed by atoms with Crippen LogP contribution in [0.2, 0.25) is 0 Å². The zero-order valence-corrected chi connectivity index (χ0v) is 9.54. The number of nitrogens with zero attached hydrogens (tertiary/aromatic N) is 2. The summed E-state index contributed by atoms with van der Waals surface area (Å²) in [5.41, 5.74) is -0.410. The average Bonchev–Trinajstić information content (AvgIpc) is 2.14. The highest BCUT2D eigenvalue weighted by atomic mass is 35.7. The molecule has 16 heavy (non-hydrogen) atoms. The van der Waals surface area contributed by atoms with E-state index in [0.29, 0.717) is 0 Å². The van der Waals surface area contributed by atoms with Gasteiger partial charge in [0.25, 0.3) is 14.7 Å². The fourth-order valence-corrected chi connectivity index (χ4v) is 2.25. The predicted molar refractivity (Wildman–Crippen MR) is 55.6 cm³/mol. The van der Waals surface area contributed by atoms with E-state index in [1.165, 1.54) is 6.92 Å². The maximum atomic E-state index is 11.1. The first-order valence-electron chi connectivity index (χ1n) is 3.91. The summed E-state index contributed by atoms with van der Waals surface area (Å²) < 4.78 is 22.3. The van der Waals surface area contributed by atoms with E-state index in [1.54, 1.807) is 6.07 Å². The highest BCUT2D eigenvalue weighted by Crippen LogP contribution is 2.27. The van der Waals surface area contributed by atoms with E-state index < -0.39 is 24.6 Å². The SMILES string of the molecule is Cc1cc([N+](=O)[O-])cc(S(=O)(=O)Cl)c1C#N. The number of nitro groups is 1. The highest BCUT2D eigenvalue weighted by molar-refractivity contribution is 8.13. The van der Waals surface area contributed by atoms with Crippen molar-refractivity contribution >= 4 is 25.4 Å². The van der Waals surface area contributed by atoms with E-state index in [1.807, 2.05) is 0 Å². The van der Waals surface area contributed by atoms with Gasteiger partial charge in [-0.15, -0.1) is 0 Å². The first-order chi connectivity index (χ1) is 7.27. The van der Waals surface area contributed by atoms with Crippen molar-refractivity contribution in [3.8, 4) is 6.07 Å². The van der Waals surface area contributed by atoms with E-state index in [2.05, 4.69) is 0 Å². The number of aryl methyl sites for hydroxylation is 1. The molecule has 1 rings (SSSR count). The molecule has 0 unspecified atom stereocenters. The Bertz CT molecular complexity index is 603. The zero-order valence-electron chi connectivity index (χ0n) is 7.97. The number of rotatable bonds is 2. The molecule has 0 amide bonds. The van der Waals surface area contributed by atoms with Crippen molar-refractivity contribution in [1.29, 1.82) is 5.26 Å². The molecular formula is C8H5ClN2O4S. The summed E-state index contributed by atoms with van der Waals surface area (Å²) >= 11 is 0. The van der Waals surface area contributed by atoms with Crippen LogP contribution >= 0.6 is 10.7 Å². The molecule has 0 fully saturated rings. The number of nitro benzene ring substituents is 1. The number of nitriles is 1. The third-order valence-electron chi connectivity index (χ3n) is 1.87.